The van der Waals surface area contributed by atoms with Gasteiger partial charge in [-0.05, 0) is 18.2 Å². The fraction of sp³-hybridized carbons (Fsp3) is 0.222. The molecule has 0 unspecified atom stereocenters. The second-order valence-corrected chi connectivity index (χ2v) is 4.23. The summed E-state index contributed by atoms with van der Waals surface area (Å²) >= 11 is 7.38. The Bertz CT molecular complexity index is 319. The molecule has 1 amide bonds. The highest BCUT2D eigenvalue weighted by Gasteiger charge is 1.99. The van der Waals surface area contributed by atoms with E-state index in [2.05, 4.69) is 5.43 Å². The van der Waals surface area contributed by atoms with Gasteiger partial charge in [0.25, 0.3) is 0 Å². The second kappa shape index (κ2) is 5.90. The Morgan fingerprint density at radius 2 is 2.36 bits per heavy atom. The first kappa shape index (κ1) is 11.4. The van der Waals surface area contributed by atoms with Crippen molar-refractivity contribution < 1.29 is 4.79 Å². The van der Waals surface area contributed by atoms with Crippen LogP contribution in [-0.4, -0.2) is 11.7 Å². The van der Waals surface area contributed by atoms with Crippen molar-refractivity contribution in [3.63, 3.8) is 0 Å². The normalized spacial score (nSPS) is 9.86. The molecule has 0 aliphatic rings. The summed E-state index contributed by atoms with van der Waals surface area (Å²) < 4.78 is 0. The van der Waals surface area contributed by atoms with Gasteiger partial charge in [0.2, 0.25) is 5.91 Å². The topological polar surface area (TPSA) is 55.1 Å². The molecule has 0 aliphatic carbocycles. The molecule has 1 aromatic carbocycles. The Balaban J connectivity index is 2.35. The molecule has 3 nitrogen and oxygen atoms in total. The number of benzene rings is 1. The van der Waals surface area contributed by atoms with Crippen molar-refractivity contribution >= 4 is 29.3 Å². The first-order valence-electron chi connectivity index (χ1n) is 4.10. The van der Waals surface area contributed by atoms with E-state index in [1.54, 1.807) is 11.8 Å². The van der Waals surface area contributed by atoms with Gasteiger partial charge in [-0.25, -0.2) is 5.84 Å². The van der Waals surface area contributed by atoms with Crippen molar-refractivity contribution in [2.24, 2.45) is 5.84 Å². The molecule has 1 rings (SSSR count). The Hall–Kier alpha value is -0.710. The fourth-order valence-corrected chi connectivity index (χ4v) is 2.05. The van der Waals surface area contributed by atoms with Gasteiger partial charge in [-0.15, -0.1) is 11.8 Å². The van der Waals surface area contributed by atoms with Crippen molar-refractivity contribution in [3.8, 4) is 0 Å². The standard InChI is InChI=1S/C9H11ClN2OS/c10-7-2-1-3-8(6-7)14-5-4-9(13)12-11/h1-3,6H,4-5,11H2,(H,12,13). The van der Waals surface area contributed by atoms with Crippen molar-refractivity contribution in [2.75, 3.05) is 5.75 Å². The smallest absolute Gasteiger partial charge is 0.234 e. The molecule has 0 saturated heterocycles. The van der Waals surface area contributed by atoms with Crippen LogP contribution in [-0.2, 0) is 4.79 Å². The lowest BCUT2D eigenvalue weighted by Gasteiger charge is -2.01. The Labute approximate surface area is 92.0 Å². The molecule has 0 saturated carbocycles. The van der Waals surface area contributed by atoms with E-state index in [0.717, 1.165) is 4.90 Å². The number of carbonyl (C=O) groups excluding carboxylic acids is 1. The second-order valence-electron chi connectivity index (χ2n) is 2.62. The van der Waals surface area contributed by atoms with Crippen LogP contribution in [0.4, 0.5) is 0 Å². The molecule has 0 aliphatic heterocycles. The summed E-state index contributed by atoms with van der Waals surface area (Å²) in [4.78, 5) is 11.9. The molecule has 0 spiro atoms. The summed E-state index contributed by atoms with van der Waals surface area (Å²) in [6.45, 7) is 0. The fourth-order valence-electron chi connectivity index (χ4n) is 0.891. The van der Waals surface area contributed by atoms with Crippen LogP contribution in [0.1, 0.15) is 6.42 Å². The zero-order chi connectivity index (χ0) is 10.4. The van der Waals surface area contributed by atoms with Gasteiger partial charge in [-0.3, -0.25) is 10.2 Å². The van der Waals surface area contributed by atoms with E-state index in [0.29, 0.717) is 17.2 Å². The van der Waals surface area contributed by atoms with Crippen LogP contribution < -0.4 is 11.3 Å². The third-order valence-electron chi connectivity index (χ3n) is 1.55. The summed E-state index contributed by atoms with van der Waals surface area (Å²) in [7, 11) is 0. The van der Waals surface area contributed by atoms with E-state index in [4.69, 9.17) is 17.4 Å². The third-order valence-corrected chi connectivity index (χ3v) is 2.79. The van der Waals surface area contributed by atoms with Gasteiger partial charge in [0.05, 0.1) is 0 Å². The van der Waals surface area contributed by atoms with Gasteiger partial charge in [-0.2, -0.15) is 0 Å². The summed E-state index contributed by atoms with van der Waals surface area (Å²) in [6, 6.07) is 7.52. The molecule has 1 aromatic rings. The predicted molar refractivity (Wildman–Crippen MR) is 59.1 cm³/mol. The van der Waals surface area contributed by atoms with Crippen molar-refractivity contribution in [2.45, 2.75) is 11.3 Å². The largest absolute Gasteiger partial charge is 0.294 e. The predicted octanol–water partition coefficient (Wildman–Crippen LogP) is 1.81. The van der Waals surface area contributed by atoms with Gasteiger partial charge in [-0.1, -0.05) is 17.7 Å². The minimum Gasteiger partial charge on any atom is -0.294 e. The molecule has 0 fully saturated rings. The molecule has 0 atom stereocenters. The molecule has 0 radical (unpaired) electrons. The van der Waals surface area contributed by atoms with E-state index in [9.17, 15) is 4.79 Å². The maximum Gasteiger partial charge on any atom is 0.234 e. The summed E-state index contributed by atoms with van der Waals surface area (Å²) in [5, 5.41) is 0.707. The molecule has 5 heteroatoms. The quantitative estimate of drug-likeness (QED) is 0.359. The lowest BCUT2D eigenvalue weighted by Crippen LogP contribution is -2.30. The average molecular weight is 231 g/mol. The molecular formula is C9H11ClN2OS. The molecule has 0 heterocycles. The Morgan fingerprint density at radius 3 is 3.00 bits per heavy atom. The van der Waals surface area contributed by atoms with Gasteiger partial charge < -0.3 is 0 Å². The molecular weight excluding hydrogens is 220 g/mol. The summed E-state index contributed by atoms with van der Waals surface area (Å²) in [5.41, 5.74) is 2.08. The SMILES string of the molecule is NNC(=O)CCSc1cccc(Cl)c1. The van der Waals surface area contributed by atoms with Crippen molar-refractivity contribution in [1.29, 1.82) is 0 Å². The number of carbonyl (C=O) groups is 1. The van der Waals surface area contributed by atoms with E-state index in [1.807, 2.05) is 24.3 Å². The molecule has 3 N–H and O–H groups in total. The number of nitrogens with one attached hydrogen (secondary N) is 1. The molecule has 14 heavy (non-hydrogen) atoms. The number of nitrogens with two attached hydrogens (primary N) is 1. The lowest BCUT2D eigenvalue weighted by atomic mass is 10.4. The van der Waals surface area contributed by atoms with Crippen LogP contribution in [0, 0.1) is 0 Å². The van der Waals surface area contributed by atoms with Crippen molar-refractivity contribution in [3.05, 3.63) is 29.3 Å². The van der Waals surface area contributed by atoms with E-state index < -0.39 is 0 Å². The van der Waals surface area contributed by atoms with Crippen LogP contribution in [0.5, 0.6) is 0 Å². The maximum absolute atomic E-state index is 10.8. The molecule has 0 bridgehead atoms. The zero-order valence-corrected chi connectivity index (χ0v) is 9.07. The van der Waals surface area contributed by atoms with Crippen LogP contribution in [0.25, 0.3) is 0 Å². The van der Waals surface area contributed by atoms with Gasteiger partial charge >= 0.3 is 0 Å². The monoisotopic (exact) mass is 230 g/mol. The third kappa shape index (κ3) is 4.00. The Morgan fingerprint density at radius 1 is 1.57 bits per heavy atom. The zero-order valence-electron chi connectivity index (χ0n) is 7.50. The highest BCUT2D eigenvalue weighted by Crippen LogP contribution is 2.21. The summed E-state index contributed by atoms with van der Waals surface area (Å²) in [5.74, 6) is 5.49. The Kier molecular flexibility index (Phi) is 4.79. The minimum atomic E-state index is -0.153. The van der Waals surface area contributed by atoms with Gasteiger partial charge in [0.15, 0.2) is 0 Å². The molecule has 76 valence electrons. The molecule has 0 aromatic heterocycles. The number of rotatable bonds is 4. The van der Waals surface area contributed by atoms with E-state index >= 15 is 0 Å². The van der Waals surface area contributed by atoms with E-state index in [1.165, 1.54) is 0 Å². The average Bonchev–Trinajstić information content (AvgIpc) is 2.17. The lowest BCUT2D eigenvalue weighted by molar-refractivity contribution is -0.120. The van der Waals surface area contributed by atoms with Gasteiger partial charge in [0.1, 0.15) is 0 Å². The van der Waals surface area contributed by atoms with E-state index in [-0.39, 0.29) is 5.91 Å². The first-order chi connectivity index (χ1) is 6.72. The van der Waals surface area contributed by atoms with Crippen molar-refractivity contribution in [1.82, 2.24) is 5.43 Å². The number of amides is 1. The number of hydrazine groups is 1. The highest BCUT2D eigenvalue weighted by atomic mass is 35.5. The minimum absolute atomic E-state index is 0.153. The van der Waals surface area contributed by atoms with Gasteiger partial charge in [0, 0.05) is 22.1 Å². The first-order valence-corrected chi connectivity index (χ1v) is 5.46. The van der Waals surface area contributed by atoms with Crippen LogP contribution in [0.2, 0.25) is 5.02 Å². The number of halogens is 1. The van der Waals surface area contributed by atoms with Crippen LogP contribution in [0.15, 0.2) is 29.2 Å². The highest BCUT2D eigenvalue weighted by molar-refractivity contribution is 7.99. The number of hydrogen-bond acceptors (Lipinski definition) is 3. The number of thioether (sulfide) groups is 1. The summed E-state index contributed by atoms with van der Waals surface area (Å²) in [6.07, 6.45) is 0.410. The van der Waals surface area contributed by atoms with Crippen LogP contribution >= 0.6 is 23.4 Å². The number of hydrogen-bond donors (Lipinski definition) is 2. The maximum atomic E-state index is 10.8. The van der Waals surface area contributed by atoms with Crippen LogP contribution in [0.3, 0.4) is 0 Å².